The van der Waals surface area contributed by atoms with Crippen molar-refractivity contribution >= 4 is 22.8 Å². The summed E-state index contributed by atoms with van der Waals surface area (Å²) in [5, 5.41) is 19.2. The van der Waals surface area contributed by atoms with E-state index in [1.165, 1.54) is 0 Å². The Bertz CT molecular complexity index is 633. The summed E-state index contributed by atoms with van der Waals surface area (Å²) in [7, 11) is 0. The summed E-state index contributed by atoms with van der Waals surface area (Å²) >= 11 is 0. The second-order valence-corrected chi connectivity index (χ2v) is 5.17. The van der Waals surface area contributed by atoms with Crippen LogP contribution in [0.15, 0.2) is 24.4 Å². The van der Waals surface area contributed by atoms with Crippen molar-refractivity contribution < 1.29 is 14.7 Å². The molecule has 1 aromatic carbocycles. The summed E-state index contributed by atoms with van der Waals surface area (Å²) in [4.78, 5) is 23.2. The van der Waals surface area contributed by atoms with Crippen LogP contribution >= 0.6 is 0 Å². The molecule has 6 nitrogen and oxygen atoms in total. The molecule has 3 N–H and O–H groups in total. The topological polar surface area (TPSA) is 95.1 Å². The molecular weight excluding hydrogens is 258 g/mol. The summed E-state index contributed by atoms with van der Waals surface area (Å²) < 4.78 is 0. The van der Waals surface area contributed by atoms with Crippen LogP contribution in [-0.2, 0) is 4.79 Å². The van der Waals surface area contributed by atoms with Crippen LogP contribution in [0.1, 0.15) is 30.6 Å². The van der Waals surface area contributed by atoms with Crippen LogP contribution in [0.4, 0.5) is 0 Å². The average Bonchev–Trinajstić information content (AvgIpc) is 2.84. The van der Waals surface area contributed by atoms with Gasteiger partial charge in [-0.25, -0.2) is 4.79 Å². The number of nitrogens with one attached hydrogen (secondary N) is 2. The van der Waals surface area contributed by atoms with Crippen molar-refractivity contribution in [1.82, 2.24) is 15.5 Å². The third-order valence-electron chi connectivity index (χ3n) is 3.01. The third kappa shape index (κ3) is 3.14. The first kappa shape index (κ1) is 14.0. The molecule has 0 fully saturated rings. The largest absolute Gasteiger partial charge is 0.480 e. The SMILES string of the molecule is CC(C)CC(NC(=O)c1ccc2[nH]ncc2c1)C(=O)O. The van der Waals surface area contributed by atoms with Crippen LogP contribution < -0.4 is 5.32 Å². The molecule has 1 heterocycles. The van der Waals surface area contributed by atoms with E-state index < -0.39 is 12.0 Å². The van der Waals surface area contributed by atoms with Crippen LogP contribution in [0.2, 0.25) is 0 Å². The lowest BCUT2D eigenvalue weighted by Crippen LogP contribution is -2.41. The molecule has 2 rings (SSSR count). The van der Waals surface area contributed by atoms with Gasteiger partial charge in [0.05, 0.1) is 11.7 Å². The van der Waals surface area contributed by atoms with Crippen molar-refractivity contribution in [3.63, 3.8) is 0 Å². The zero-order valence-corrected chi connectivity index (χ0v) is 11.4. The number of carbonyl (C=O) groups excluding carboxylic acids is 1. The lowest BCUT2D eigenvalue weighted by Gasteiger charge is -2.16. The van der Waals surface area contributed by atoms with Crippen LogP contribution in [0.25, 0.3) is 10.9 Å². The fraction of sp³-hybridized carbons (Fsp3) is 0.357. The predicted molar refractivity (Wildman–Crippen MR) is 74.4 cm³/mol. The summed E-state index contributed by atoms with van der Waals surface area (Å²) in [5.74, 6) is -1.22. The zero-order valence-electron chi connectivity index (χ0n) is 11.4. The molecule has 1 amide bonds. The summed E-state index contributed by atoms with van der Waals surface area (Å²) in [5.41, 5.74) is 1.26. The number of fused-ring (bicyclic) bond motifs is 1. The normalized spacial score (nSPS) is 12.6. The maximum atomic E-state index is 12.1. The first-order valence-corrected chi connectivity index (χ1v) is 6.44. The summed E-state index contributed by atoms with van der Waals surface area (Å²) in [6.45, 7) is 3.83. The van der Waals surface area contributed by atoms with Crippen LogP contribution in [0.3, 0.4) is 0 Å². The number of carbonyl (C=O) groups is 2. The molecular formula is C14H17N3O3. The molecule has 106 valence electrons. The summed E-state index contributed by atoms with van der Waals surface area (Å²) in [6, 6.07) is 4.20. The number of amides is 1. The molecule has 0 aliphatic rings. The fourth-order valence-electron chi connectivity index (χ4n) is 2.02. The molecule has 0 aliphatic carbocycles. The molecule has 1 aromatic heterocycles. The number of hydrogen-bond acceptors (Lipinski definition) is 3. The standard InChI is InChI=1S/C14H17N3O3/c1-8(2)5-12(14(19)20)16-13(18)9-3-4-11-10(6-9)7-15-17-11/h3-4,6-8,12H,5H2,1-2H3,(H,15,17)(H,16,18)(H,19,20). The highest BCUT2D eigenvalue weighted by atomic mass is 16.4. The summed E-state index contributed by atoms with van der Waals surface area (Å²) in [6.07, 6.45) is 2.02. The number of aliphatic carboxylic acids is 1. The minimum atomic E-state index is -1.02. The van der Waals surface area contributed by atoms with Gasteiger partial charge in [0.2, 0.25) is 0 Å². The Morgan fingerprint density at radius 3 is 2.80 bits per heavy atom. The van der Waals surface area contributed by atoms with E-state index in [0.29, 0.717) is 12.0 Å². The molecule has 0 saturated carbocycles. The van der Waals surface area contributed by atoms with Crippen molar-refractivity contribution in [3.8, 4) is 0 Å². The number of aromatic nitrogens is 2. The molecule has 20 heavy (non-hydrogen) atoms. The van der Waals surface area contributed by atoms with Gasteiger partial charge in [0.15, 0.2) is 0 Å². The van der Waals surface area contributed by atoms with Gasteiger partial charge < -0.3 is 10.4 Å². The van der Waals surface area contributed by atoms with Crippen molar-refractivity contribution in [2.24, 2.45) is 5.92 Å². The van der Waals surface area contributed by atoms with Crippen molar-refractivity contribution in [2.75, 3.05) is 0 Å². The number of carboxylic acid groups (broad SMARTS) is 1. The van der Waals surface area contributed by atoms with Crippen LogP contribution in [0, 0.1) is 5.92 Å². The van der Waals surface area contributed by atoms with Gasteiger partial charge in [-0.3, -0.25) is 9.89 Å². The van der Waals surface area contributed by atoms with Crippen molar-refractivity contribution in [1.29, 1.82) is 0 Å². The van der Waals surface area contributed by atoms with Gasteiger partial charge in [-0.2, -0.15) is 5.10 Å². The lowest BCUT2D eigenvalue weighted by atomic mass is 10.0. The Kier molecular flexibility index (Phi) is 4.02. The predicted octanol–water partition coefficient (Wildman–Crippen LogP) is 1.79. The smallest absolute Gasteiger partial charge is 0.326 e. The Morgan fingerprint density at radius 2 is 2.15 bits per heavy atom. The Labute approximate surface area is 116 Å². The van der Waals surface area contributed by atoms with Gasteiger partial charge in [0.25, 0.3) is 5.91 Å². The second kappa shape index (κ2) is 5.73. The molecule has 1 unspecified atom stereocenters. The molecule has 1 atom stereocenters. The van der Waals surface area contributed by atoms with E-state index in [2.05, 4.69) is 15.5 Å². The van der Waals surface area contributed by atoms with E-state index in [9.17, 15) is 9.59 Å². The number of benzene rings is 1. The highest BCUT2D eigenvalue weighted by Crippen LogP contribution is 2.13. The average molecular weight is 275 g/mol. The van der Waals surface area contributed by atoms with Gasteiger partial charge in [-0.05, 0) is 30.5 Å². The molecule has 0 aliphatic heterocycles. The minimum Gasteiger partial charge on any atom is -0.480 e. The van der Waals surface area contributed by atoms with E-state index in [0.717, 1.165) is 10.9 Å². The molecule has 0 radical (unpaired) electrons. The quantitative estimate of drug-likeness (QED) is 0.775. The lowest BCUT2D eigenvalue weighted by molar-refractivity contribution is -0.139. The number of hydrogen-bond donors (Lipinski definition) is 3. The molecule has 6 heteroatoms. The fourth-order valence-corrected chi connectivity index (χ4v) is 2.02. The molecule has 2 aromatic rings. The van der Waals surface area contributed by atoms with Gasteiger partial charge in [-0.15, -0.1) is 0 Å². The van der Waals surface area contributed by atoms with Gasteiger partial charge >= 0.3 is 5.97 Å². The van der Waals surface area contributed by atoms with Crippen molar-refractivity contribution in [2.45, 2.75) is 26.3 Å². The maximum Gasteiger partial charge on any atom is 0.326 e. The molecule has 0 saturated heterocycles. The van der Waals surface area contributed by atoms with Crippen LogP contribution in [0.5, 0.6) is 0 Å². The molecule has 0 bridgehead atoms. The van der Waals surface area contributed by atoms with E-state index in [1.54, 1.807) is 24.4 Å². The van der Waals surface area contributed by atoms with Gasteiger partial charge in [-0.1, -0.05) is 13.8 Å². The highest BCUT2D eigenvalue weighted by molar-refractivity contribution is 5.99. The van der Waals surface area contributed by atoms with Crippen LogP contribution in [-0.4, -0.2) is 33.2 Å². The highest BCUT2D eigenvalue weighted by Gasteiger charge is 2.21. The van der Waals surface area contributed by atoms with E-state index >= 15 is 0 Å². The third-order valence-corrected chi connectivity index (χ3v) is 3.01. The number of rotatable bonds is 5. The Morgan fingerprint density at radius 1 is 1.40 bits per heavy atom. The Balaban J connectivity index is 2.15. The van der Waals surface area contributed by atoms with Gasteiger partial charge in [0.1, 0.15) is 6.04 Å². The Hall–Kier alpha value is -2.37. The first-order chi connectivity index (χ1) is 9.47. The van der Waals surface area contributed by atoms with Gasteiger partial charge in [0, 0.05) is 10.9 Å². The van der Waals surface area contributed by atoms with E-state index in [-0.39, 0.29) is 11.8 Å². The number of nitrogens with zero attached hydrogens (tertiary/aromatic N) is 1. The first-order valence-electron chi connectivity index (χ1n) is 6.44. The number of aromatic amines is 1. The minimum absolute atomic E-state index is 0.188. The molecule has 0 spiro atoms. The van der Waals surface area contributed by atoms with Crippen molar-refractivity contribution in [3.05, 3.63) is 30.0 Å². The number of H-pyrrole nitrogens is 1. The van der Waals surface area contributed by atoms with E-state index in [4.69, 9.17) is 5.11 Å². The maximum absolute atomic E-state index is 12.1. The number of carboxylic acids is 1. The monoisotopic (exact) mass is 275 g/mol. The second-order valence-electron chi connectivity index (χ2n) is 5.17. The zero-order chi connectivity index (χ0) is 14.7. The van der Waals surface area contributed by atoms with E-state index in [1.807, 2.05) is 13.8 Å².